The zero-order valence-corrected chi connectivity index (χ0v) is 13.6. The second kappa shape index (κ2) is 9.49. The number of hydrogen-bond donors (Lipinski definition) is 0. The van der Waals surface area contributed by atoms with Gasteiger partial charge in [0.05, 0.1) is 16.7 Å². The van der Waals surface area contributed by atoms with Crippen LogP contribution in [0.4, 0.5) is 0 Å². The molecule has 0 radical (unpaired) electrons. The van der Waals surface area contributed by atoms with Crippen LogP contribution in [0.5, 0.6) is 0 Å². The van der Waals surface area contributed by atoms with Crippen LogP contribution in [0.2, 0.25) is 0 Å². The van der Waals surface area contributed by atoms with Crippen molar-refractivity contribution >= 4 is 21.5 Å². The van der Waals surface area contributed by atoms with E-state index in [1.165, 1.54) is 5.56 Å². The van der Waals surface area contributed by atoms with E-state index in [9.17, 15) is 13.0 Å². The van der Waals surface area contributed by atoms with Gasteiger partial charge in [0.15, 0.2) is 0 Å². The van der Waals surface area contributed by atoms with Gasteiger partial charge in [-0.1, -0.05) is 0 Å². The predicted octanol–water partition coefficient (Wildman–Crippen LogP) is -1.36. The molecule has 0 bridgehead atoms. The molecule has 4 nitrogen and oxygen atoms in total. The fourth-order valence-corrected chi connectivity index (χ4v) is 2.47. The first-order chi connectivity index (χ1) is 7.58. The molecule has 0 fully saturated rings. The number of ether oxygens (including phenoxy) is 1. The Labute approximate surface area is 128 Å². The SMILES string of the molecule is O=S(=O)([O-])CCCCOCCc1ccsc1.[Na+]. The molecule has 0 aliphatic heterocycles. The molecule has 0 N–H and O–H groups in total. The van der Waals surface area contributed by atoms with Gasteiger partial charge in [0.2, 0.25) is 0 Å². The Morgan fingerprint density at radius 1 is 1.29 bits per heavy atom. The van der Waals surface area contributed by atoms with E-state index < -0.39 is 10.1 Å². The van der Waals surface area contributed by atoms with Gasteiger partial charge in [0.25, 0.3) is 0 Å². The van der Waals surface area contributed by atoms with Gasteiger partial charge in [0.1, 0.15) is 0 Å². The summed E-state index contributed by atoms with van der Waals surface area (Å²) >= 11 is 1.66. The van der Waals surface area contributed by atoms with Gasteiger partial charge < -0.3 is 9.29 Å². The van der Waals surface area contributed by atoms with E-state index in [4.69, 9.17) is 4.74 Å². The third-order valence-corrected chi connectivity index (χ3v) is 3.57. The van der Waals surface area contributed by atoms with Crippen molar-refractivity contribution in [3.8, 4) is 0 Å². The van der Waals surface area contributed by atoms with Gasteiger partial charge in [-0.3, -0.25) is 0 Å². The molecular formula is C10H15NaO4S2. The first kappa shape index (κ1) is 17.6. The maximum atomic E-state index is 10.3. The molecule has 0 aromatic carbocycles. The molecule has 0 aliphatic rings. The van der Waals surface area contributed by atoms with Gasteiger partial charge in [-0.25, -0.2) is 8.42 Å². The average molecular weight is 286 g/mol. The molecule has 0 aliphatic carbocycles. The van der Waals surface area contributed by atoms with E-state index in [2.05, 4.69) is 11.4 Å². The van der Waals surface area contributed by atoms with E-state index >= 15 is 0 Å². The molecule has 1 heterocycles. The average Bonchev–Trinajstić information content (AvgIpc) is 2.67. The van der Waals surface area contributed by atoms with Crippen molar-refractivity contribution in [3.63, 3.8) is 0 Å². The van der Waals surface area contributed by atoms with Crippen molar-refractivity contribution in [2.45, 2.75) is 19.3 Å². The van der Waals surface area contributed by atoms with E-state index in [1.807, 2.05) is 5.38 Å². The summed E-state index contributed by atoms with van der Waals surface area (Å²) in [6.45, 7) is 1.15. The fraction of sp³-hybridized carbons (Fsp3) is 0.600. The summed E-state index contributed by atoms with van der Waals surface area (Å²) in [5.74, 6) is -0.291. The quantitative estimate of drug-likeness (QED) is 0.336. The Bertz CT molecular complexity index is 375. The van der Waals surface area contributed by atoms with Crippen molar-refractivity contribution in [2.24, 2.45) is 0 Å². The first-order valence-electron chi connectivity index (χ1n) is 5.10. The third kappa shape index (κ3) is 10.2. The first-order valence-corrected chi connectivity index (χ1v) is 7.62. The number of thiophene rings is 1. The third-order valence-electron chi connectivity index (χ3n) is 2.05. The summed E-state index contributed by atoms with van der Waals surface area (Å²) in [5, 5.41) is 4.10. The largest absolute Gasteiger partial charge is 1.00 e. The molecule has 1 aromatic heterocycles. The van der Waals surface area contributed by atoms with E-state index in [0.717, 1.165) is 6.42 Å². The summed E-state index contributed by atoms with van der Waals surface area (Å²) < 4.78 is 36.2. The molecule has 0 amide bonds. The summed E-state index contributed by atoms with van der Waals surface area (Å²) in [6.07, 6.45) is 1.87. The van der Waals surface area contributed by atoms with Crippen molar-refractivity contribution in [1.82, 2.24) is 0 Å². The Balaban J connectivity index is 0.00000256. The van der Waals surface area contributed by atoms with E-state index in [-0.39, 0.29) is 35.3 Å². The van der Waals surface area contributed by atoms with Crippen LogP contribution in [0.25, 0.3) is 0 Å². The van der Waals surface area contributed by atoms with Gasteiger partial charge in [-0.05, 0) is 41.7 Å². The van der Waals surface area contributed by atoms with Gasteiger partial charge in [0, 0.05) is 12.4 Å². The van der Waals surface area contributed by atoms with Crippen LogP contribution in [0.15, 0.2) is 16.8 Å². The maximum absolute atomic E-state index is 10.3. The zero-order chi connectivity index (χ0) is 11.9. The molecule has 0 atom stereocenters. The molecule has 92 valence electrons. The Hall–Kier alpha value is 0.570. The van der Waals surface area contributed by atoms with Crippen molar-refractivity contribution in [1.29, 1.82) is 0 Å². The maximum Gasteiger partial charge on any atom is 1.00 e. The molecule has 1 rings (SSSR count). The molecule has 0 unspecified atom stereocenters. The summed E-state index contributed by atoms with van der Waals surface area (Å²) in [5.41, 5.74) is 1.26. The molecule has 7 heteroatoms. The topological polar surface area (TPSA) is 66.4 Å². The second-order valence-corrected chi connectivity index (χ2v) is 5.77. The Morgan fingerprint density at radius 3 is 2.65 bits per heavy atom. The van der Waals surface area contributed by atoms with Gasteiger partial charge >= 0.3 is 29.6 Å². The van der Waals surface area contributed by atoms with Crippen LogP contribution in [0, 0.1) is 0 Å². The van der Waals surface area contributed by atoms with Gasteiger partial charge in [-0.2, -0.15) is 11.3 Å². The standard InChI is InChI=1S/C10H16O4S2.Na/c11-16(12,13)8-2-1-5-14-6-3-10-4-7-15-9-10;/h4,7,9H,1-3,5-6,8H2,(H,11,12,13);/q;+1/p-1. The number of rotatable bonds is 8. The van der Waals surface area contributed by atoms with Crippen molar-refractivity contribution in [2.75, 3.05) is 19.0 Å². The second-order valence-electron chi connectivity index (χ2n) is 3.46. The van der Waals surface area contributed by atoms with Gasteiger partial charge in [-0.15, -0.1) is 0 Å². The molecule has 0 saturated heterocycles. The molecule has 0 saturated carbocycles. The van der Waals surface area contributed by atoms with E-state index in [1.54, 1.807) is 11.3 Å². The fourth-order valence-electron chi connectivity index (χ4n) is 1.21. The minimum Gasteiger partial charge on any atom is -0.748 e. The van der Waals surface area contributed by atoms with Crippen molar-refractivity contribution < 1.29 is 47.3 Å². The minimum atomic E-state index is -4.06. The van der Waals surface area contributed by atoms with E-state index in [0.29, 0.717) is 26.1 Å². The number of unbranched alkanes of at least 4 members (excludes halogenated alkanes) is 1. The van der Waals surface area contributed by atoms with Crippen molar-refractivity contribution in [3.05, 3.63) is 22.4 Å². The van der Waals surface area contributed by atoms with Crippen LogP contribution >= 0.6 is 11.3 Å². The van der Waals surface area contributed by atoms with Crippen LogP contribution in [-0.2, 0) is 21.3 Å². The Kier molecular flexibility index (Phi) is 9.81. The predicted molar refractivity (Wildman–Crippen MR) is 62.6 cm³/mol. The zero-order valence-electron chi connectivity index (χ0n) is 9.92. The summed E-state index contributed by atoms with van der Waals surface area (Å²) in [7, 11) is -4.06. The smallest absolute Gasteiger partial charge is 0.748 e. The molecular weight excluding hydrogens is 271 g/mol. The normalized spacial score (nSPS) is 11.1. The van der Waals surface area contributed by atoms with Crippen LogP contribution in [0.3, 0.4) is 0 Å². The molecule has 0 spiro atoms. The molecule has 17 heavy (non-hydrogen) atoms. The monoisotopic (exact) mass is 286 g/mol. The van der Waals surface area contributed by atoms with Crippen LogP contribution in [-0.4, -0.2) is 31.9 Å². The summed E-state index contributed by atoms with van der Waals surface area (Å²) in [4.78, 5) is 0. The molecule has 1 aromatic rings. The Morgan fingerprint density at radius 2 is 2.06 bits per heavy atom. The number of hydrogen-bond acceptors (Lipinski definition) is 5. The van der Waals surface area contributed by atoms with Crippen LogP contribution in [0.1, 0.15) is 18.4 Å². The summed E-state index contributed by atoms with van der Waals surface area (Å²) in [6, 6.07) is 2.05. The van der Waals surface area contributed by atoms with Crippen LogP contribution < -0.4 is 29.6 Å². The minimum absolute atomic E-state index is 0.